The molecule has 1 heterocycles. The van der Waals surface area contributed by atoms with Gasteiger partial charge in [-0.25, -0.2) is 0 Å². The number of hydrogen-bond acceptors (Lipinski definition) is 2. The van der Waals surface area contributed by atoms with Crippen LogP contribution in [0.4, 0.5) is 18.9 Å². The van der Waals surface area contributed by atoms with Crippen molar-refractivity contribution in [3.05, 3.63) is 29.3 Å². The lowest BCUT2D eigenvalue weighted by Crippen LogP contribution is -2.33. The highest BCUT2D eigenvalue weighted by molar-refractivity contribution is 5.95. The first kappa shape index (κ1) is 13.7. The molecule has 0 saturated carbocycles. The molecule has 1 atom stereocenters. The Balaban J connectivity index is 2.27. The van der Waals surface area contributed by atoms with Gasteiger partial charge >= 0.3 is 6.18 Å². The molecule has 1 fully saturated rings. The van der Waals surface area contributed by atoms with Gasteiger partial charge in [-0.15, -0.1) is 0 Å². The molecule has 1 amide bonds. The topological polar surface area (TPSA) is 46.3 Å². The van der Waals surface area contributed by atoms with E-state index in [0.29, 0.717) is 6.54 Å². The van der Waals surface area contributed by atoms with Crippen LogP contribution in [-0.4, -0.2) is 23.4 Å². The fourth-order valence-corrected chi connectivity index (χ4v) is 2.35. The first-order valence-electron chi connectivity index (χ1n) is 6.08. The third kappa shape index (κ3) is 2.67. The maximum absolute atomic E-state index is 12.6. The Morgan fingerprint density at radius 2 is 2.11 bits per heavy atom. The van der Waals surface area contributed by atoms with Crippen molar-refractivity contribution in [2.45, 2.75) is 32.0 Å². The van der Waals surface area contributed by atoms with Gasteiger partial charge in [0.15, 0.2) is 0 Å². The second kappa shape index (κ2) is 4.75. The zero-order valence-electron chi connectivity index (χ0n) is 10.5. The molecule has 19 heavy (non-hydrogen) atoms. The van der Waals surface area contributed by atoms with E-state index in [1.54, 1.807) is 4.90 Å². The first-order valence-corrected chi connectivity index (χ1v) is 6.08. The van der Waals surface area contributed by atoms with E-state index in [1.165, 1.54) is 6.07 Å². The van der Waals surface area contributed by atoms with Crippen LogP contribution in [0.25, 0.3) is 0 Å². The number of carbonyl (C=O) groups excluding carboxylic acids is 1. The Bertz CT molecular complexity index is 499. The summed E-state index contributed by atoms with van der Waals surface area (Å²) >= 11 is 0. The highest BCUT2D eigenvalue weighted by Gasteiger charge is 2.34. The van der Waals surface area contributed by atoms with Gasteiger partial charge in [-0.3, -0.25) is 4.79 Å². The summed E-state index contributed by atoms with van der Waals surface area (Å²) < 4.78 is 37.7. The molecule has 1 aromatic rings. The van der Waals surface area contributed by atoms with Crippen LogP contribution in [0.5, 0.6) is 0 Å². The number of nitrogen functional groups attached to an aromatic ring is 1. The fraction of sp³-hybridized carbons (Fsp3) is 0.462. The molecule has 0 aliphatic carbocycles. The smallest absolute Gasteiger partial charge is 0.398 e. The molecule has 1 aliphatic rings. The van der Waals surface area contributed by atoms with Gasteiger partial charge in [-0.1, -0.05) is 0 Å². The van der Waals surface area contributed by atoms with Gasteiger partial charge in [0.1, 0.15) is 0 Å². The molecular weight excluding hydrogens is 257 g/mol. The molecule has 2 rings (SSSR count). The zero-order valence-corrected chi connectivity index (χ0v) is 10.5. The van der Waals surface area contributed by atoms with Crippen LogP contribution in [-0.2, 0) is 6.18 Å². The van der Waals surface area contributed by atoms with Crippen LogP contribution in [0.2, 0.25) is 0 Å². The Hall–Kier alpha value is -1.72. The predicted molar refractivity (Wildman–Crippen MR) is 65.6 cm³/mol. The highest BCUT2D eigenvalue weighted by Crippen LogP contribution is 2.34. The summed E-state index contributed by atoms with van der Waals surface area (Å²) in [5.74, 6) is -0.259. The fourth-order valence-electron chi connectivity index (χ4n) is 2.35. The van der Waals surface area contributed by atoms with E-state index in [4.69, 9.17) is 5.73 Å². The number of benzene rings is 1. The standard InChI is InChI=1S/C13H15F3N2O/c1-8-3-2-6-18(8)12(19)9-4-5-10(11(17)7-9)13(14,15)16/h4-5,7-8H,2-3,6,17H2,1H3/t8-/m1/s1. The molecule has 0 aromatic heterocycles. The Labute approximate surface area is 109 Å². The van der Waals surface area contributed by atoms with Crippen molar-refractivity contribution < 1.29 is 18.0 Å². The summed E-state index contributed by atoms with van der Waals surface area (Å²) in [6.45, 7) is 2.57. The molecule has 6 heteroatoms. The Kier molecular flexibility index (Phi) is 3.43. The molecule has 104 valence electrons. The zero-order chi connectivity index (χ0) is 14.2. The van der Waals surface area contributed by atoms with Crippen molar-refractivity contribution in [2.24, 2.45) is 0 Å². The maximum Gasteiger partial charge on any atom is 0.418 e. The molecule has 1 saturated heterocycles. The average Bonchev–Trinajstić information content (AvgIpc) is 2.72. The summed E-state index contributed by atoms with van der Waals surface area (Å²) in [7, 11) is 0. The number of rotatable bonds is 1. The van der Waals surface area contributed by atoms with E-state index in [1.807, 2.05) is 6.92 Å². The van der Waals surface area contributed by atoms with Crippen LogP contribution in [0.3, 0.4) is 0 Å². The lowest BCUT2D eigenvalue weighted by Gasteiger charge is -2.22. The molecule has 1 aliphatic heterocycles. The summed E-state index contributed by atoms with van der Waals surface area (Å²) in [6, 6.07) is 3.28. The van der Waals surface area contributed by atoms with E-state index < -0.39 is 17.4 Å². The largest absolute Gasteiger partial charge is 0.418 e. The van der Waals surface area contributed by atoms with Gasteiger partial charge < -0.3 is 10.6 Å². The number of alkyl halides is 3. The molecular formula is C13H15F3N2O. The van der Waals surface area contributed by atoms with Crippen molar-refractivity contribution >= 4 is 11.6 Å². The lowest BCUT2D eigenvalue weighted by atomic mass is 10.1. The van der Waals surface area contributed by atoms with Crippen molar-refractivity contribution in [3.8, 4) is 0 Å². The van der Waals surface area contributed by atoms with Gasteiger partial charge in [0.25, 0.3) is 5.91 Å². The maximum atomic E-state index is 12.6. The summed E-state index contributed by atoms with van der Waals surface area (Å²) in [4.78, 5) is 13.8. The van der Waals surface area contributed by atoms with Crippen molar-refractivity contribution in [1.29, 1.82) is 0 Å². The van der Waals surface area contributed by atoms with Crippen LogP contribution in [0, 0.1) is 0 Å². The number of likely N-dealkylation sites (tertiary alicyclic amines) is 1. The van der Waals surface area contributed by atoms with Crippen molar-refractivity contribution in [3.63, 3.8) is 0 Å². The second-order valence-corrected chi connectivity index (χ2v) is 4.79. The van der Waals surface area contributed by atoms with Crippen LogP contribution >= 0.6 is 0 Å². The molecule has 0 bridgehead atoms. The number of hydrogen-bond donors (Lipinski definition) is 1. The van der Waals surface area contributed by atoms with Gasteiger partial charge in [-0.2, -0.15) is 13.2 Å². The van der Waals surface area contributed by atoms with Gasteiger partial charge in [0.05, 0.1) is 5.56 Å². The predicted octanol–water partition coefficient (Wildman–Crippen LogP) is 2.91. The SMILES string of the molecule is C[C@@H]1CCCN1C(=O)c1ccc(C(F)(F)F)c(N)c1. The molecule has 0 spiro atoms. The van der Waals surface area contributed by atoms with Crippen LogP contribution < -0.4 is 5.73 Å². The highest BCUT2D eigenvalue weighted by atomic mass is 19.4. The summed E-state index contributed by atoms with van der Waals surface area (Å²) in [6.07, 6.45) is -2.66. The number of anilines is 1. The van der Waals surface area contributed by atoms with Crippen LogP contribution in [0.1, 0.15) is 35.7 Å². The lowest BCUT2D eigenvalue weighted by molar-refractivity contribution is -0.136. The number of halogens is 3. The van der Waals surface area contributed by atoms with Gasteiger partial charge in [-0.05, 0) is 38.0 Å². The van der Waals surface area contributed by atoms with E-state index in [2.05, 4.69) is 0 Å². The minimum absolute atomic E-state index is 0.121. The number of nitrogens with zero attached hydrogens (tertiary/aromatic N) is 1. The second-order valence-electron chi connectivity index (χ2n) is 4.79. The quantitative estimate of drug-likeness (QED) is 0.799. The Morgan fingerprint density at radius 3 is 2.58 bits per heavy atom. The van der Waals surface area contributed by atoms with E-state index in [0.717, 1.165) is 25.0 Å². The van der Waals surface area contributed by atoms with E-state index >= 15 is 0 Å². The molecule has 3 nitrogen and oxygen atoms in total. The summed E-state index contributed by atoms with van der Waals surface area (Å²) in [5.41, 5.74) is 4.28. The van der Waals surface area contributed by atoms with Gasteiger partial charge in [0.2, 0.25) is 0 Å². The summed E-state index contributed by atoms with van der Waals surface area (Å²) in [5, 5.41) is 0. The number of nitrogens with two attached hydrogens (primary N) is 1. The monoisotopic (exact) mass is 272 g/mol. The minimum atomic E-state index is -4.49. The van der Waals surface area contributed by atoms with Crippen LogP contribution in [0.15, 0.2) is 18.2 Å². The van der Waals surface area contributed by atoms with Gasteiger partial charge in [0, 0.05) is 23.8 Å². The number of amides is 1. The van der Waals surface area contributed by atoms with E-state index in [9.17, 15) is 18.0 Å². The minimum Gasteiger partial charge on any atom is -0.398 e. The number of carbonyl (C=O) groups is 1. The van der Waals surface area contributed by atoms with Crippen molar-refractivity contribution in [1.82, 2.24) is 4.90 Å². The third-order valence-corrected chi connectivity index (χ3v) is 3.42. The Morgan fingerprint density at radius 1 is 1.42 bits per heavy atom. The average molecular weight is 272 g/mol. The molecule has 0 radical (unpaired) electrons. The normalized spacial score (nSPS) is 19.8. The molecule has 2 N–H and O–H groups in total. The first-order chi connectivity index (χ1) is 8.80. The molecule has 0 unspecified atom stereocenters. The van der Waals surface area contributed by atoms with Crippen molar-refractivity contribution in [2.75, 3.05) is 12.3 Å². The molecule has 1 aromatic carbocycles. The third-order valence-electron chi connectivity index (χ3n) is 3.42. The van der Waals surface area contributed by atoms with E-state index in [-0.39, 0.29) is 17.5 Å².